The van der Waals surface area contributed by atoms with Crippen molar-refractivity contribution in [3.8, 4) is 0 Å². The van der Waals surface area contributed by atoms with E-state index in [0.717, 1.165) is 28.9 Å². The van der Waals surface area contributed by atoms with Crippen LogP contribution in [0, 0.1) is 6.92 Å². The lowest BCUT2D eigenvalue weighted by molar-refractivity contribution is 0.446. The molecule has 0 spiro atoms. The largest absolute Gasteiger partial charge is 0.352 e. The number of aromatic nitrogens is 3. The molecule has 1 aliphatic heterocycles. The van der Waals surface area contributed by atoms with E-state index in [1.807, 2.05) is 12.1 Å². The highest BCUT2D eigenvalue weighted by atomic mass is 79.9. The number of nitrogens with zero attached hydrogens (tertiary/aromatic N) is 4. The monoisotopic (exact) mass is 375 g/mol. The van der Waals surface area contributed by atoms with Crippen LogP contribution in [-0.4, -0.2) is 27.8 Å². The van der Waals surface area contributed by atoms with Crippen molar-refractivity contribution in [1.29, 1.82) is 0 Å². The fraction of sp³-hybridized carbons (Fsp3) is 0.471. The molecule has 1 saturated heterocycles. The van der Waals surface area contributed by atoms with Gasteiger partial charge in [-0.1, -0.05) is 22.9 Å². The summed E-state index contributed by atoms with van der Waals surface area (Å²) in [6.45, 7) is 5.35. The second-order valence-electron chi connectivity index (χ2n) is 5.98. The van der Waals surface area contributed by atoms with E-state index in [4.69, 9.17) is 0 Å². The standard InChI is InChI=1S/C17H22BrN5/c1-3-14-6-4-5-9-23(14)16-11-19-22-17(21-16)20-13-7-8-15(18)12(2)10-13/h7-8,10-11,14H,3-6,9H2,1-2H3,(H,20,21,22). The summed E-state index contributed by atoms with van der Waals surface area (Å²) in [6.07, 6.45) is 6.66. The molecular weight excluding hydrogens is 354 g/mol. The molecule has 1 unspecified atom stereocenters. The molecule has 5 nitrogen and oxygen atoms in total. The number of hydrogen-bond donors (Lipinski definition) is 1. The first-order chi connectivity index (χ1) is 11.2. The van der Waals surface area contributed by atoms with Gasteiger partial charge in [0.25, 0.3) is 0 Å². The normalized spacial score (nSPS) is 18.0. The number of rotatable bonds is 4. The topological polar surface area (TPSA) is 53.9 Å². The molecule has 0 radical (unpaired) electrons. The lowest BCUT2D eigenvalue weighted by atomic mass is 10.0. The maximum atomic E-state index is 4.67. The van der Waals surface area contributed by atoms with E-state index < -0.39 is 0 Å². The van der Waals surface area contributed by atoms with Gasteiger partial charge in [0.15, 0.2) is 5.82 Å². The second kappa shape index (κ2) is 7.25. The van der Waals surface area contributed by atoms with Gasteiger partial charge in [-0.3, -0.25) is 0 Å². The SMILES string of the molecule is CCC1CCCCN1c1cnnc(Nc2ccc(Br)c(C)c2)n1. The Bertz CT molecular complexity index is 676. The minimum atomic E-state index is 0.546. The molecule has 1 fully saturated rings. The Morgan fingerprint density at radius 3 is 3.00 bits per heavy atom. The Kier molecular flexibility index (Phi) is 5.10. The summed E-state index contributed by atoms with van der Waals surface area (Å²) in [4.78, 5) is 7.04. The fourth-order valence-electron chi connectivity index (χ4n) is 3.06. The number of anilines is 3. The van der Waals surface area contributed by atoms with Crippen molar-refractivity contribution in [1.82, 2.24) is 15.2 Å². The van der Waals surface area contributed by atoms with Crippen molar-refractivity contribution in [3.63, 3.8) is 0 Å². The smallest absolute Gasteiger partial charge is 0.249 e. The molecule has 0 saturated carbocycles. The molecule has 2 heterocycles. The summed E-state index contributed by atoms with van der Waals surface area (Å²) in [5.41, 5.74) is 2.14. The van der Waals surface area contributed by atoms with Crippen LogP contribution < -0.4 is 10.2 Å². The van der Waals surface area contributed by atoms with E-state index >= 15 is 0 Å². The summed E-state index contributed by atoms with van der Waals surface area (Å²) >= 11 is 3.51. The van der Waals surface area contributed by atoms with Gasteiger partial charge < -0.3 is 10.2 Å². The third-order valence-electron chi connectivity index (χ3n) is 4.35. The first-order valence-electron chi connectivity index (χ1n) is 8.17. The van der Waals surface area contributed by atoms with Crippen molar-refractivity contribution in [3.05, 3.63) is 34.4 Å². The third kappa shape index (κ3) is 3.80. The molecule has 6 heteroatoms. The predicted molar refractivity (Wildman–Crippen MR) is 97.3 cm³/mol. The average Bonchev–Trinajstić information content (AvgIpc) is 2.58. The number of aryl methyl sites for hydroxylation is 1. The number of benzene rings is 1. The van der Waals surface area contributed by atoms with Crippen LogP contribution in [0.5, 0.6) is 0 Å². The fourth-order valence-corrected chi connectivity index (χ4v) is 3.31. The van der Waals surface area contributed by atoms with Gasteiger partial charge in [-0.25, -0.2) is 0 Å². The quantitative estimate of drug-likeness (QED) is 0.854. The van der Waals surface area contributed by atoms with Gasteiger partial charge >= 0.3 is 0 Å². The summed E-state index contributed by atoms with van der Waals surface area (Å²) < 4.78 is 1.09. The number of hydrogen-bond acceptors (Lipinski definition) is 5. The third-order valence-corrected chi connectivity index (χ3v) is 5.24. The molecule has 0 aliphatic carbocycles. The maximum absolute atomic E-state index is 4.67. The number of piperidine rings is 1. The van der Waals surface area contributed by atoms with Crippen LogP contribution in [0.2, 0.25) is 0 Å². The Balaban J connectivity index is 1.80. The lowest BCUT2D eigenvalue weighted by Crippen LogP contribution is -2.39. The Hall–Kier alpha value is -1.69. The zero-order valence-corrected chi connectivity index (χ0v) is 15.2. The molecule has 3 rings (SSSR count). The van der Waals surface area contributed by atoms with Crippen molar-refractivity contribution < 1.29 is 0 Å². The highest BCUT2D eigenvalue weighted by Gasteiger charge is 2.22. The molecule has 23 heavy (non-hydrogen) atoms. The van der Waals surface area contributed by atoms with Gasteiger partial charge in [-0.05, 0) is 56.4 Å². The zero-order chi connectivity index (χ0) is 16.2. The molecule has 122 valence electrons. The van der Waals surface area contributed by atoms with Crippen molar-refractivity contribution in [2.45, 2.75) is 45.6 Å². The van der Waals surface area contributed by atoms with Gasteiger partial charge in [0.05, 0.1) is 6.20 Å². The molecule has 1 N–H and O–H groups in total. The molecule has 0 bridgehead atoms. The average molecular weight is 376 g/mol. The van der Waals surface area contributed by atoms with Crippen LogP contribution in [0.25, 0.3) is 0 Å². The van der Waals surface area contributed by atoms with E-state index in [0.29, 0.717) is 12.0 Å². The number of nitrogens with one attached hydrogen (secondary N) is 1. The first kappa shape index (κ1) is 16.2. The van der Waals surface area contributed by atoms with E-state index in [1.54, 1.807) is 6.20 Å². The second-order valence-corrected chi connectivity index (χ2v) is 6.83. The summed E-state index contributed by atoms with van der Waals surface area (Å²) in [5, 5.41) is 11.5. The van der Waals surface area contributed by atoms with Crippen LogP contribution >= 0.6 is 15.9 Å². The van der Waals surface area contributed by atoms with Crippen LogP contribution in [0.4, 0.5) is 17.5 Å². The van der Waals surface area contributed by atoms with E-state index in [-0.39, 0.29) is 0 Å². The van der Waals surface area contributed by atoms with Crippen molar-refractivity contribution >= 4 is 33.4 Å². The van der Waals surface area contributed by atoms with Crippen LogP contribution in [0.15, 0.2) is 28.9 Å². The van der Waals surface area contributed by atoms with E-state index in [1.165, 1.54) is 24.8 Å². The predicted octanol–water partition coefficient (Wildman–Crippen LogP) is 4.46. The highest BCUT2D eigenvalue weighted by molar-refractivity contribution is 9.10. The number of halogens is 1. The van der Waals surface area contributed by atoms with Gasteiger partial charge in [0.1, 0.15) is 0 Å². The molecule has 1 aromatic heterocycles. The van der Waals surface area contributed by atoms with Gasteiger partial charge in [0, 0.05) is 22.7 Å². The van der Waals surface area contributed by atoms with Crippen molar-refractivity contribution in [2.75, 3.05) is 16.8 Å². The van der Waals surface area contributed by atoms with E-state index in [2.05, 4.69) is 61.2 Å². The van der Waals surface area contributed by atoms with Crippen LogP contribution in [-0.2, 0) is 0 Å². The summed E-state index contributed by atoms with van der Waals surface area (Å²) in [6, 6.07) is 6.65. The maximum Gasteiger partial charge on any atom is 0.249 e. The minimum Gasteiger partial charge on any atom is -0.352 e. The lowest BCUT2D eigenvalue weighted by Gasteiger charge is -2.35. The van der Waals surface area contributed by atoms with Gasteiger partial charge in [0.2, 0.25) is 5.95 Å². The summed E-state index contributed by atoms with van der Waals surface area (Å²) in [7, 11) is 0. The highest BCUT2D eigenvalue weighted by Crippen LogP contribution is 2.26. The van der Waals surface area contributed by atoms with Gasteiger partial charge in [-0.15, -0.1) is 5.10 Å². The zero-order valence-electron chi connectivity index (χ0n) is 13.6. The Morgan fingerprint density at radius 1 is 1.35 bits per heavy atom. The molecule has 1 aliphatic rings. The molecule has 1 aromatic carbocycles. The Morgan fingerprint density at radius 2 is 2.22 bits per heavy atom. The van der Waals surface area contributed by atoms with Crippen LogP contribution in [0.3, 0.4) is 0 Å². The summed E-state index contributed by atoms with van der Waals surface area (Å²) in [5.74, 6) is 1.47. The van der Waals surface area contributed by atoms with Crippen molar-refractivity contribution in [2.24, 2.45) is 0 Å². The van der Waals surface area contributed by atoms with Gasteiger partial charge in [-0.2, -0.15) is 10.1 Å². The molecule has 1 atom stereocenters. The first-order valence-corrected chi connectivity index (χ1v) is 8.96. The molecule has 2 aromatic rings. The van der Waals surface area contributed by atoms with Crippen LogP contribution in [0.1, 0.15) is 38.2 Å². The molecular formula is C17H22BrN5. The Labute approximate surface area is 145 Å². The van der Waals surface area contributed by atoms with E-state index in [9.17, 15) is 0 Å². The molecule has 0 amide bonds. The minimum absolute atomic E-state index is 0.546.